The summed E-state index contributed by atoms with van der Waals surface area (Å²) in [4.78, 5) is 4.43. The lowest BCUT2D eigenvalue weighted by molar-refractivity contribution is 0.199. The van der Waals surface area contributed by atoms with Crippen molar-refractivity contribution in [2.24, 2.45) is 11.8 Å². The second kappa shape index (κ2) is 5.67. The zero-order chi connectivity index (χ0) is 13.9. The van der Waals surface area contributed by atoms with Crippen molar-refractivity contribution in [3.05, 3.63) is 30.5 Å². The van der Waals surface area contributed by atoms with Crippen LogP contribution >= 0.6 is 0 Å². The minimum Gasteiger partial charge on any atom is -0.398 e. The first-order valence-corrected chi connectivity index (χ1v) is 7.27. The molecule has 0 amide bonds. The topological polar surface area (TPSA) is 71.2 Å². The first kappa shape index (κ1) is 13.2. The zero-order valence-corrected chi connectivity index (χ0v) is 11.5. The number of hydrogen-bond donors (Lipinski definition) is 3. The second-order valence-corrected chi connectivity index (χ2v) is 5.62. The minimum absolute atomic E-state index is 0.299. The van der Waals surface area contributed by atoms with Gasteiger partial charge in [-0.15, -0.1) is 0 Å². The maximum Gasteiger partial charge on any atom is 0.0953 e. The standard InChI is InChI=1S/C16H21N3O/c17-14-6-7-15(16-13(14)5-2-8-18-16)19-9-11-3-1-4-12(11)10-20/h2,5-8,11-12,19-20H,1,3-4,9-10,17H2. The lowest BCUT2D eigenvalue weighted by atomic mass is 9.97. The third-order valence-corrected chi connectivity index (χ3v) is 4.41. The quantitative estimate of drug-likeness (QED) is 0.748. The van der Waals surface area contributed by atoms with Crippen LogP contribution in [-0.4, -0.2) is 23.2 Å². The van der Waals surface area contributed by atoms with E-state index in [9.17, 15) is 5.11 Å². The van der Waals surface area contributed by atoms with Gasteiger partial charge in [-0.25, -0.2) is 0 Å². The predicted molar refractivity (Wildman–Crippen MR) is 82.6 cm³/mol. The largest absolute Gasteiger partial charge is 0.398 e. The van der Waals surface area contributed by atoms with E-state index >= 15 is 0 Å². The number of fused-ring (bicyclic) bond motifs is 1. The number of nitrogen functional groups attached to an aromatic ring is 1. The molecule has 0 spiro atoms. The van der Waals surface area contributed by atoms with Gasteiger partial charge in [0.25, 0.3) is 0 Å². The van der Waals surface area contributed by atoms with Crippen molar-refractivity contribution in [1.82, 2.24) is 4.98 Å². The Morgan fingerprint density at radius 3 is 2.95 bits per heavy atom. The number of anilines is 2. The molecule has 2 atom stereocenters. The Morgan fingerprint density at radius 2 is 2.10 bits per heavy atom. The molecule has 106 valence electrons. The highest BCUT2D eigenvalue weighted by Crippen LogP contribution is 2.32. The van der Waals surface area contributed by atoms with Crippen molar-refractivity contribution >= 4 is 22.3 Å². The van der Waals surface area contributed by atoms with E-state index in [1.165, 1.54) is 12.8 Å². The smallest absolute Gasteiger partial charge is 0.0953 e. The van der Waals surface area contributed by atoms with Crippen LogP contribution < -0.4 is 11.1 Å². The number of aliphatic hydroxyl groups is 1. The van der Waals surface area contributed by atoms with Crippen LogP contribution in [0.3, 0.4) is 0 Å². The highest BCUT2D eigenvalue weighted by molar-refractivity contribution is 5.98. The molecule has 1 fully saturated rings. The summed E-state index contributed by atoms with van der Waals surface area (Å²) in [6.45, 7) is 1.19. The Labute approximate surface area is 119 Å². The van der Waals surface area contributed by atoms with Crippen LogP contribution in [0.15, 0.2) is 30.5 Å². The minimum atomic E-state index is 0.299. The van der Waals surface area contributed by atoms with E-state index in [0.29, 0.717) is 18.4 Å². The van der Waals surface area contributed by atoms with Gasteiger partial charge >= 0.3 is 0 Å². The molecule has 2 aromatic rings. The van der Waals surface area contributed by atoms with Gasteiger partial charge in [-0.05, 0) is 48.9 Å². The Hall–Kier alpha value is -1.81. The zero-order valence-electron chi connectivity index (χ0n) is 11.5. The average molecular weight is 271 g/mol. The Morgan fingerprint density at radius 1 is 1.25 bits per heavy atom. The molecule has 0 saturated heterocycles. The molecule has 20 heavy (non-hydrogen) atoms. The first-order valence-electron chi connectivity index (χ1n) is 7.27. The van der Waals surface area contributed by atoms with Gasteiger partial charge in [0.2, 0.25) is 0 Å². The molecular weight excluding hydrogens is 250 g/mol. The van der Waals surface area contributed by atoms with Gasteiger partial charge in [-0.2, -0.15) is 0 Å². The third kappa shape index (κ3) is 2.43. The van der Waals surface area contributed by atoms with Crippen molar-refractivity contribution < 1.29 is 5.11 Å². The Kier molecular flexibility index (Phi) is 3.74. The molecule has 1 aromatic carbocycles. The van der Waals surface area contributed by atoms with E-state index in [0.717, 1.165) is 35.2 Å². The number of benzene rings is 1. The van der Waals surface area contributed by atoms with Gasteiger partial charge in [-0.1, -0.05) is 6.42 Å². The van der Waals surface area contributed by atoms with Crippen LogP contribution in [-0.2, 0) is 0 Å². The number of rotatable bonds is 4. The summed E-state index contributed by atoms with van der Waals surface area (Å²) in [5.41, 5.74) is 8.69. The molecule has 2 unspecified atom stereocenters. The van der Waals surface area contributed by atoms with E-state index in [1.807, 2.05) is 24.3 Å². The van der Waals surface area contributed by atoms with Gasteiger partial charge < -0.3 is 16.2 Å². The van der Waals surface area contributed by atoms with Crippen molar-refractivity contribution in [1.29, 1.82) is 0 Å². The molecule has 3 rings (SSSR count). The number of hydrogen-bond acceptors (Lipinski definition) is 4. The van der Waals surface area contributed by atoms with Gasteiger partial charge in [0.1, 0.15) is 0 Å². The number of nitrogens with zero attached hydrogens (tertiary/aromatic N) is 1. The summed E-state index contributed by atoms with van der Waals surface area (Å²) in [6, 6.07) is 7.81. The summed E-state index contributed by atoms with van der Waals surface area (Å²) in [6.07, 6.45) is 5.35. The molecule has 4 nitrogen and oxygen atoms in total. The lowest BCUT2D eigenvalue weighted by Gasteiger charge is -2.19. The van der Waals surface area contributed by atoms with E-state index in [-0.39, 0.29) is 0 Å². The highest BCUT2D eigenvalue weighted by atomic mass is 16.3. The van der Waals surface area contributed by atoms with Crippen LogP contribution in [0.1, 0.15) is 19.3 Å². The Balaban J connectivity index is 1.79. The number of nitrogens with one attached hydrogen (secondary N) is 1. The van der Waals surface area contributed by atoms with Crippen molar-refractivity contribution in [3.63, 3.8) is 0 Å². The van der Waals surface area contributed by atoms with E-state index in [2.05, 4.69) is 10.3 Å². The van der Waals surface area contributed by atoms with Crippen molar-refractivity contribution in [2.45, 2.75) is 19.3 Å². The maximum atomic E-state index is 9.39. The fraction of sp³-hybridized carbons (Fsp3) is 0.438. The molecule has 4 N–H and O–H groups in total. The highest BCUT2D eigenvalue weighted by Gasteiger charge is 2.26. The molecule has 0 bridgehead atoms. The van der Waals surface area contributed by atoms with E-state index in [1.54, 1.807) is 6.20 Å². The van der Waals surface area contributed by atoms with Gasteiger partial charge in [0, 0.05) is 30.4 Å². The lowest BCUT2D eigenvalue weighted by Crippen LogP contribution is -2.21. The van der Waals surface area contributed by atoms with Crippen LogP contribution in [0.25, 0.3) is 10.9 Å². The molecule has 0 radical (unpaired) electrons. The van der Waals surface area contributed by atoms with Crippen LogP contribution in [0.2, 0.25) is 0 Å². The summed E-state index contributed by atoms with van der Waals surface area (Å²) in [5, 5.41) is 13.9. The molecule has 0 aliphatic heterocycles. The molecule has 1 saturated carbocycles. The SMILES string of the molecule is Nc1ccc(NCC2CCCC2CO)c2ncccc12. The van der Waals surface area contributed by atoms with Crippen molar-refractivity contribution in [2.75, 3.05) is 24.2 Å². The van der Waals surface area contributed by atoms with Crippen LogP contribution in [0.5, 0.6) is 0 Å². The predicted octanol–water partition coefficient (Wildman–Crippen LogP) is 2.64. The van der Waals surface area contributed by atoms with Gasteiger partial charge in [0.05, 0.1) is 11.2 Å². The Bertz CT molecular complexity index is 599. The first-order chi connectivity index (χ1) is 9.79. The number of nitrogens with two attached hydrogens (primary N) is 1. The molecule has 4 heteroatoms. The maximum absolute atomic E-state index is 9.39. The summed E-state index contributed by atoms with van der Waals surface area (Å²) in [7, 11) is 0. The molecular formula is C16H21N3O. The third-order valence-electron chi connectivity index (χ3n) is 4.41. The van der Waals surface area contributed by atoms with E-state index in [4.69, 9.17) is 5.73 Å². The fourth-order valence-corrected chi connectivity index (χ4v) is 3.20. The van der Waals surface area contributed by atoms with Crippen molar-refractivity contribution in [3.8, 4) is 0 Å². The molecule has 1 aliphatic carbocycles. The average Bonchev–Trinajstić information content (AvgIpc) is 2.94. The van der Waals surface area contributed by atoms with Crippen LogP contribution in [0, 0.1) is 11.8 Å². The monoisotopic (exact) mass is 271 g/mol. The van der Waals surface area contributed by atoms with E-state index < -0.39 is 0 Å². The number of pyridine rings is 1. The normalized spacial score (nSPS) is 22.2. The summed E-state index contributed by atoms with van der Waals surface area (Å²) >= 11 is 0. The van der Waals surface area contributed by atoms with Crippen LogP contribution in [0.4, 0.5) is 11.4 Å². The molecule has 1 heterocycles. The second-order valence-electron chi connectivity index (χ2n) is 5.62. The number of aromatic nitrogens is 1. The molecule has 1 aromatic heterocycles. The van der Waals surface area contributed by atoms with Gasteiger partial charge in [0.15, 0.2) is 0 Å². The number of aliphatic hydroxyl groups excluding tert-OH is 1. The van der Waals surface area contributed by atoms with Gasteiger partial charge in [-0.3, -0.25) is 4.98 Å². The summed E-state index contributed by atoms with van der Waals surface area (Å²) in [5.74, 6) is 0.992. The summed E-state index contributed by atoms with van der Waals surface area (Å²) < 4.78 is 0. The fourth-order valence-electron chi connectivity index (χ4n) is 3.20. The molecule has 1 aliphatic rings.